The van der Waals surface area contributed by atoms with Crippen LogP contribution in [0, 0.1) is 13.8 Å². The molecule has 0 aliphatic carbocycles. The first kappa shape index (κ1) is 21.5. The van der Waals surface area contributed by atoms with Crippen molar-refractivity contribution in [2.24, 2.45) is 0 Å². The Hall–Kier alpha value is -3.68. The molecule has 8 heteroatoms. The minimum atomic E-state index is -0.447. The van der Waals surface area contributed by atoms with Gasteiger partial charge in [-0.15, -0.1) is 0 Å². The van der Waals surface area contributed by atoms with E-state index in [9.17, 15) is 19.2 Å². The minimum Gasteiger partial charge on any atom is -0.347 e. The molecule has 1 aliphatic heterocycles. The molecule has 1 aliphatic rings. The third kappa shape index (κ3) is 4.21. The van der Waals surface area contributed by atoms with Crippen LogP contribution in [0.3, 0.4) is 0 Å². The highest BCUT2D eigenvalue weighted by Gasteiger charge is 2.26. The summed E-state index contributed by atoms with van der Waals surface area (Å²) in [4.78, 5) is 57.6. The van der Waals surface area contributed by atoms with Crippen LogP contribution in [0.15, 0.2) is 46.0 Å². The lowest BCUT2D eigenvalue weighted by atomic mass is 10.0. The molecular formula is C24H26N4O4. The first-order valence-corrected chi connectivity index (χ1v) is 10.8. The van der Waals surface area contributed by atoms with E-state index in [1.165, 1.54) is 0 Å². The van der Waals surface area contributed by atoms with Gasteiger partial charge in [0.15, 0.2) is 0 Å². The van der Waals surface area contributed by atoms with E-state index in [1.807, 2.05) is 18.2 Å². The number of hydrogen-bond acceptors (Lipinski definition) is 4. The summed E-state index contributed by atoms with van der Waals surface area (Å²) in [5.74, 6) is -0.722. The summed E-state index contributed by atoms with van der Waals surface area (Å²) in [5.41, 5.74) is 1.45. The van der Waals surface area contributed by atoms with Crippen LogP contribution in [0.25, 0.3) is 10.9 Å². The van der Waals surface area contributed by atoms with Crippen molar-refractivity contribution in [3.63, 3.8) is 0 Å². The molecule has 0 bridgehead atoms. The van der Waals surface area contributed by atoms with E-state index in [1.54, 1.807) is 36.9 Å². The van der Waals surface area contributed by atoms with E-state index in [-0.39, 0.29) is 28.8 Å². The summed E-state index contributed by atoms with van der Waals surface area (Å²) in [6.07, 6.45) is 2.33. The first-order valence-electron chi connectivity index (χ1n) is 10.8. The van der Waals surface area contributed by atoms with Crippen LogP contribution < -0.4 is 16.4 Å². The molecule has 0 saturated carbocycles. The van der Waals surface area contributed by atoms with Crippen LogP contribution in [-0.2, 0) is 0 Å². The standard InChI is InChI=1S/C24H26N4O4/c1-14-10-11-19(27-21(14)29)24(32)28-12-6-5-7-16(13-28)25-22(30)20-15(2)17-8-3-4-9-18(17)26-23(20)31/h3-4,8-11,16H,5-7,12-13H2,1-2H3,(H,25,30)(H,26,31)(H,27,29). The molecule has 4 rings (SSSR count). The molecule has 1 fully saturated rings. The van der Waals surface area contributed by atoms with Gasteiger partial charge in [-0.1, -0.05) is 24.3 Å². The number of benzene rings is 1. The second-order valence-corrected chi connectivity index (χ2v) is 8.30. The van der Waals surface area contributed by atoms with Crippen molar-refractivity contribution in [2.45, 2.75) is 39.2 Å². The Labute approximate surface area is 184 Å². The number of nitrogens with zero attached hydrogens (tertiary/aromatic N) is 1. The van der Waals surface area contributed by atoms with Crippen molar-refractivity contribution < 1.29 is 9.59 Å². The Balaban J connectivity index is 1.55. The van der Waals surface area contributed by atoms with Gasteiger partial charge in [-0.05, 0) is 50.8 Å². The van der Waals surface area contributed by atoms with Gasteiger partial charge in [0.2, 0.25) is 0 Å². The lowest BCUT2D eigenvalue weighted by Crippen LogP contribution is -2.46. The highest BCUT2D eigenvalue weighted by molar-refractivity contribution is 6.00. The number of aromatic nitrogens is 2. The zero-order valence-electron chi connectivity index (χ0n) is 18.2. The number of aromatic amines is 2. The van der Waals surface area contributed by atoms with Gasteiger partial charge >= 0.3 is 0 Å². The molecule has 2 amide bonds. The van der Waals surface area contributed by atoms with Gasteiger partial charge in [-0.3, -0.25) is 19.2 Å². The molecule has 0 spiro atoms. The lowest BCUT2D eigenvalue weighted by molar-refractivity contribution is 0.0731. The van der Waals surface area contributed by atoms with Gasteiger partial charge in [-0.25, -0.2) is 0 Å². The number of rotatable bonds is 3. The summed E-state index contributed by atoms with van der Waals surface area (Å²) in [5, 5.41) is 3.77. The Morgan fingerprint density at radius 2 is 1.78 bits per heavy atom. The van der Waals surface area contributed by atoms with Gasteiger partial charge in [0, 0.05) is 35.6 Å². The summed E-state index contributed by atoms with van der Waals surface area (Å²) < 4.78 is 0. The molecule has 1 unspecified atom stereocenters. The lowest BCUT2D eigenvalue weighted by Gasteiger charge is -2.25. The number of carbonyl (C=O) groups is 2. The van der Waals surface area contributed by atoms with Gasteiger partial charge < -0.3 is 20.2 Å². The molecular weight excluding hydrogens is 408 g/mol. The molecule has 1 atom stereocenters. The molecule has 32 heavy (non-hydrogen) atoms. The fourth-order valence-electron chi connectivity index (χ4n) is 4.23. The maximum Gasteiger partial charge on any atom is 0.270 e. The monoisotopic (exact) mass is 434 g/mol. The number of para-hydroxylation sites is 1. The predicted molar refractivity (Wildman–Crippen MR) is 122 cm³/mol. The fraction of sp³-hybridized carbons (Fsp3) is 0.333. The topological polar surface area (TPSA) is 115 Å². The van der Waals surface area contributed by atoms with Crippen molar-refractivity contribution in [3.05, 3.63) is 79.5 Å². The number of H-pyrrole nitrogens is 2. The third-order valence-electron chi connectivity index (χ3n) is 6.04. The zero-order valence-corrected chi connectivity index (χ0v) is 18.2. The van der Waals surface area contributed by atoms with Crippen LogP contribution >= 0.6 is 0 Å². The van der Waals surface area contributed by atoms with Gasteiger partial charge in [0.25, 0.3) is 22.9 Å². The fourth-order valence-corrected chi connectivity index (χ4v) is 4.23. The molecule has 166 valence electrons. The van der Waals surface area contributed by atoms with E-state index in [0.717, 1.165) is 18.2 Å². The minimum absolute atomic E-state index is 0.0914. The Morgan fingerprint density at radius 3 is 2.56 bits per heavy atom. The van der Waals surface area contributed by atoms with Crippen LogP contribution in [0.1, 0.15) is 51.2 Å². The number of carbonyl (C=O) groups excluding carboxylic acids is 2. The Kier molecular flexibility index (Phi) is 5.94. The first-order chi connectivity index (χ1) is 15.3. The average Bonchev–Trinajstić information content (AvgIpc) is 3.00. The van der Waals surface area contributed by atoms with E-state index in [0.29, 0.717) is 36.2 Å². The summed E-state index contributed by atoms with van der Waals surface area (Å²) in [7, 11) is 0. The Morgan fingerprint density at radius 1 is 1.00 bits per heavy atom. The molecule has 3 N–H and O–H groups in total. The van der Waals surface area contributed by atoms with Gasteiger partial charge in [-0.2, -0.15) is 0 Å². The SMILES string of the molecule is Cc1ccc(C(=O)N2CCCCC(NC(=O)c3c(C)c4ccccc4[nH]c3=O)C2)[nH]c1=O. The number of pyridine rings is 2. The smallest absolute Gasteiger partial charge is 0.270 e. The van der Waals surface area contributed by atoms with Crippen molar-refractivity contribution in [1.29, 1.82) is 0 Å². The number of fused-ring (bicyclic) bond motifs is 1. The molecule has 2 aromatic heterocycles. The summed E-state index contributed by atoms with van der Waals surface area (Å²) >= 11 is 0. The van der Waals surface area contributed by atoms with Gasteiger partial charge in [0.05, 0.1) is 0 Å². The second-order valence-electron chi connectivity index (χ2n) is 8.30. The molecule has 0 radical (unpaired) electrons. The normalized spacial score (nSPS) is 16.6. The van der Waals surface area contributed by atoms with Crippen LogP contribution in [0.5, 0.6) is 0 Å². The third-order valence-corrected chi connectivity index (χ3v) is 6.04. The summed E-state index contributed by atoms with van der Waals surface area (Å²) in [6.45, 7) is 4.30. The number of nitrogens with one attached hydrogen (secondary N) is 3. The molecule has 8 nitrogen and oxygen atoms in total. The highest BCUT2D eigenvalue weighted by Crippen LogP contribution is 2.18. The quantitative estimate of drug-likeness (QED) is 0.586. The maximum atomic E-state index is 13.1. The van der Waals surface area contributed by atoms with Gasteiger partial charge in [0.1, 0.15) is 11.3 Å². The van der Waals surface area contributed by atoms with E-state index in [2.05, 4.69) is 15.3 Å². The van der Waals surface area contributed by atoms with E-state index in [4.69, 9.17) is 0 Å². The maximum absolute atomic E-state index is 13.1. The average molecular weight is 434 g/mol. The predicted octanol–water partition coefficient (Wildman–Crippen LogP) is 2.26. The van der Waals surface area contributed by atoms with Crippen molar-refractivity contribution in [2.75, 3.05) is 13.1 Å². The van der Waals surface area contributed by atoms with Crippen LogP contribution in [0.4, 0.5) is 0 Å². The zero-order chi connectivity index (χ0) is 22.8. The van der Waals surface area contributed by atoms with Crippen LogP contribution in [-0.4, -0.2) is 45.8 Å². The number of likely N-dealkylation sites (tertiary alicyclic amines) is 1. The van der Waals surface area contributed by atoms with Crippen molar-refractivity contribution >= 4 is 22.7 Å². The second kappa shape index (κ2) is 8.82. The van der Waals surface area contributed by atoms with E-state index < -0.39 is 11.5 Å². The van der Waals surface area contributed by atoms with Crippen molar-refractivity contribution in [1.82, 2.24) is 20.2 Å². The highest BCUT2D eigenvalue weighted by atomic mass is 16.2. The number of amides is 2. The van der Waals surface area contributed by atoms with Crippen molar-refractivity contribution in [3.8, 4) is 0 Å². The van der Waals surface area contributed by atoms with E-state index >= 15 is 0 Å². The molecule has 3 aromatic rings. The van der Waals surface area contributed by atoms with Crippen LogP contribution in [0.2, 0.25) is 0 Å². The molecule has 1 aromatic carbocycles. The Bertz CT molecular complexity index is 1310. The largest absolute Gasteiger partial charge is 0.347 e. The molecule has 3 heterocycles. The number of aryl methyl sites for hydroxylation is 2. The molecule has 1 saturated heterocycles. The summed E-state index contributed by atoms with van der Waals surface area (Å²) in [6, 6.07) is 10.3. The number of hydrogen-bond donors (Lipinski definition) is 3.